The molecule has 1 aromatic carbocycles. The molecule has 0 atom stereocenters. The quantitative estimate of drug-likeness (QED) is 0.845. The summed E-state index contributed by atoms with van der Waals surface area (Å²) in [5.41, 5.74) is 1.69. The number of hydrogen-bond donors (Lipinski definition) is 2. The van der Waals surface area contributed by atoms with Gasteiger partial charge in [-0.15, -0.1) is 0 Å². The number of nitrogens with one attached hydrogen (secondary N) is 2. The van der Waals surface area contributed by atoms with Crippen molar-refractivity contribution in [1.29, 1.82) is 0 Å². The molecular weight excluding hydrogens is 232 g/mol. The van der Waals surface area contributed by atoms with Crippen molar-refractivity contribution in [3.63, 3.8) is 0 Å². The summed E-state index contributed by atoms with van der Waals surface area (Å²) in [5.74, 6) is 1.36. The van der Waals surface area contributed by atoms with Crippen LogP contribution in [-0.2, 0) is 0 Å². The number of carbonyl (C=O) groups is 1. The second-order valence-electron chi connectivity index (χ2n) is 4.18. The van der Waals surface area contributed by atoms with Gasteiger partial charge in [-0.25, -0.2) is 4.79 Å². The zero-order valence-electron chi connectivity index (χ0n) is 10.4. The minimum absolute atomic E-state index is 0.284. The Morgan fingerprint density at radius 2 is 1.94 bits per heavy atom. The van der Waals surface area contributed by atoms with E-state index in [1.807, 2.05) is 13.8 Å². The third-order valence-electron chi connectivity index (χ3n) is 2.29. The van der Waals surface area contributed by atoms with Gasteiger partial charge in [0.2, 0.25) is 0 Å². The number of rotatable bonds is 2. The van der Waals surface area contributed by atoms with E-state index in [1.54, 1.807) is 24.4 Å². The molecule has 0 fully saturated rings. The summed E-state index contributed by atoms with van der Waals surface area (Å²) >= 11 is 0. The van der Waals surface area contributed by atoms with Crippen molar-refractivity contribution in [2.45, 2.75) is 13.8 Å². The first kappa shape index (κ1) is 12.3. The largest absolute Gasteiger partial charge is 0.486 e. The van der Waals surface area contributed by atoms with Crippen molar-refractivity contribution in [2.24, 2.45) is 0 Å². The Kier molecular flexibility index (Phi) is 3.72. The van der Waals surface area contributed by atoms with Gasteiger partial charge in [-0.3, -0.25) is 0 Å². The maximum Gasteiger partial charge on any atom is 0.323 e. The van der Waals surface area contributed by atoms with Gasteiger partial charge in [0.1, 0.15) is 13.2 Å². The van der Waals surface area contributed by atoms with Crippen LogP contribution in [0.25, 0.3) is 0 Å². The number of fused-ring (bicyclic) bond motifs is 1. The van der Waals surface area contributed by atoms with Crippen LogP contribution in [0.5, 0.6) is 11.5 Å². The molecule has 96 valence electrons. The van der Waals surface area contributed by atoms with Crippen LogP contribution in [0.15, 0.2) is 30.0 Å². The molecule has 5 heteroatoms. The Hall–Kier alpha value is -2.17. The summed E-state index contributed by atoms with van der Waals surface area (Å²) in [6, 6.07) is 5.02. The highest BCUT2D eigenvalue weighted by Crippen LogP contribution is 2.32. The minimum Gasteiger partial charge on any atom is -0.486 e. The van der Waals surface area contributed by atoms with Crippen LogP contribution < -0.4 is 20.1 Å². The smallest absolute Gasteiger partial charge is 0.323 e. The van der Waals surface area contributed by atoms with E-state index in [9.17, 15) is 4.79 Å². The molecule has 1 aromatic rings. The molecule has 18 heavy (non-hydrogen) atoms. The lowest BCUT2D eigenvalue weighted by molar-refractivity contribution is 0.171. The van der Waals surface area contributed by atoms with Crippen molar-refractivity contribution in [2.75, 3.05) is 18.5 Å². The fourth-order valence-corrected chi connectivity index (χ4v) is 1.50. The van der Waals surface area contributed by atoms with Gasteiger partial charge in [0, 0.05) is 18.0 Å². The molecule has 0 radical (unpaired) electrons. The normalized spacial score (nSPS) is 12.6. The molecule has 0 unspecified atom stereocenters. The van der Waals surface area contributed by atoms with Crippen LogP contribution in [0.2, 0.25) is 0 Å². The van der Waals surface area contributed by atoms with Crippen LogP contribution in [0, 0.1) is 0 Å². The summed E-state index contributed by atoms with van der Waals surface area (Å²) in [6.07, 6.45) is 1.65. The van der Waals surface area contributed by atoms with E-state index in [0.29, 0.717) is 30.4 Å². The van der Waals surface area contributed by atoms with E-state index in [1.165, 1.54) is 0 Å². The Labute approximate surface area is 106 Å². The maximum absolute atomic E-state index is 11.5. The number of benzene rings is 1. The average molecular weight is 248 g/mol. The first-order valence-corrected chi connectivity index (χ1v) is 5.76. The summed E-state index contributed by atoms with van der Waals surface area (Å²) in [7, 11) is 0. The van der Waals surface area contributed by atoms with Crippen LogP contribution in [0.1, 0.15) is 13.8 Å². The molecule has 0 saturated heterocycles. The third kappa shape index (κ3) is 3.16. The maximum atomic E-state index is 11.5. The van der Waals surface area contributed by atoms with Crippen molar-refractivity contribution < 1.29 is 14.3 Å². The lowest BCUT2D eigenvalue weighted by Crippen LogP contribution is -2.24. The minimum atomic E-state index is -0.284. The lowest BCUT2D eigenvalue weighted by atomic mass is 10.2. The molecular formula is C13H16N2O3. The summed E-state index contributed by atoms with van der Waals surface area (Å²) in [5, 5.41) is 5.34. The van der Waals surface area contributed by atoms with E-state index in [-0.39, 0.29) is 6.03 Å². The predicted molar refractivity (Wildman–Crippen MR) is 69.0 cm³/mol. The second kappa shape index (κ2) is 5.44. The van der Waals surface area contributed by atoms with Crippen molar-refractivity contribution >= 4 is 11.7 Å². The van der Waals surface area contributed by atoms with Gasteiger partial charge < -0.3 is 20.1 Å². The van der Waals surface area contributed by atoms with Crippen LogP contribution in [-0.4, -0.2) is 19.2 Å². The molecule has 2 amide bonds. The first-order chi connectivity index (χ1) is 8.65. The number of carbonyl (C=O) groups excluding carboxylic acids is 1. The fourth-order valence-electron chi connectivity index (χ4n) is 1.50. The molecule has 2 N–H and O–H groups in total. The highest BCUT2D eigenvalue weighted by atomic mass is 16.6. The second-order valence-corrected chi connectivity index (χ2v) is 4.18. The Bertz CT molecular complexity index is 479. The molecule has 0 spiro atoms. The van der Waals surface area contributed by atoms with E-state index in [2.05, 4.69) is 10.6 Å². The summed E-state index contributed by atoms with van der Waals surface area (Å²) < 4.78 is 10.8. The van der Waals surface area contributed by atoms with Crippen LogP contribution >= 0.6 is 0 Å². The van der Waals surface area contributed by atoms with Gasteiger partial charge in [-0.2, -0.15) is 0 Å². The summed E-state index contributed by atoms with van der Waals surface area (Å²) in [4.78, 5) is 11.5. The molecule has 0 bridgehead atoms. The number of urea groups is 1. The predicted octanol–water partition coefficient (Wildman–Crippen LogP) is 2.50. The Morgan fingerprint density at radius 1 is 1.22 bits per heavy atom. The van der Waals surface area contributed by atoms with Gasteiger partial charge in [-0.1, -0.05) is 5.57 Å². The zero-order chi connectivity index (χ0) is 13.0. The van der Waals surface area contributed by atoms with E-state index < -0.39 is 0 Å². The lowest BCUT2D eigenvalue weighted by Gasteiger charge is -2.18. The summed E-state index contributed by atoms with van der Waals surface area (Å²) in [6.45, 7) is 4.90. The molecule has 1 heterocycles. The van der Waals surface area contributed by atoms with Gasteiger partial charge in [0.25, 0.3) is 0 Å². The van der Waals surface area contributed by atoms with Crippen molar-refractivity contribution in [3.8, 4) is 11.5 Å². The molecule has 1 aliphatic rings. The highest BCUT2D eigenvalue weighted by molar-refractivity contribution is 5.90. The van der Waals surface area contributed by atoms with Crippen molar-refractivity contribution in [1.82, 2.24) is 5.32 Å². The molecule has 5 nitrogen and oxygen atoms in total. The molecule has 0 aliphatic carbocycles. The topological polar surface area (TPSA) is 59.6 Å². The number of hydrogen-bond acceptors (Lipinski definition) is 3. The zero-order valence-corrected chi connectivity index (χ0v) is 10.4. The Morgan fingerprint density at radius 3 is 2.67 bits per heavy atom. The monoisotopic (exact) mass is 248 g/mol. The number of amides is 2. The van der Waals surface area contributed by atoms with Gasteiger partial charge in [-0.05, 0) is 26.0 Å². The SMILES string of the molecule is CC(C)=CNC(=O)Nc1ccc2c(c1)OCCO2. The fraction of sp³-hybridized carbons (Fsp3) is 0.308. The van der Waals surface area contributed by atoms with Crippen LogP contribution in [0.3, 0.4) is 0 Å². The average Bonchev–Trinajstić information content (AvgIpc) is 2.36. The molecule has 2 rings (SSSR count). The molecule has 0 saturated carbocycles. The van der Waals surface area contributed by atoms with E-state index >= 15 is 0 Å². The molecule has 0 aromatic heterocycles. The van der Waals surface area contributed by atoms with E-state index in [0.717, 1.165) is 5.57 Å². The van der Waals surface area contributed by atoms with Gasteiger partial charge in [0.05, 0.1) is 0 Å². The van der Waals surface area contributed by atoms with Crippen molar-refractivity contribution in [3.05, 3.63) is 30.0 Å². The number of allylic oxidation sites excluding steroid dienone is 1. The first-order valence-electron chi connectivity index (χ1n) is 5.76. The third-order valence-corrected chi connectivity index (χ3v) is 2.29. The number of anilines is 1. The number of ether oxygens (including phenoxy) is 2. The highest BCUT2D eigenvalue weighted by Gasteiger charge is 2.12. The van der Waals surface area contributed by atoms with Gasteiger partial charge >= 0.3 is 6.03 Å². The standard InChI is InChI=1S/C13H16N2O3/c1-9(2)8-14-13(16)15-10-3-4-11-12(7-10)18-6-5-17-11/h3-4,7-8H,5-6H2,1-2H3,(H2,14,15,16). The van der Waals surface area contributed by atoms with E-state index in [4.69, 9.17) is 9.47 Å². The van der Waals surface area contributed by atoms with Crippen LogP contribution in [0.4, 0.5) is 10.5 Å². The Balaban J connectivity index is 2.01. The molecule has 1 aliphatic heterocycles. The van der Waals surface area contributed by atoms with Gasteiger partial charge in [0.15, 0.2) is 11.5 Å².